The second-order valence-corrected chi connectivity index (χ2v) is 13.8. The van der Waals surface area contributed by atoms with Gasteiger partial charge in [-0.3, -0.25) is 0 Å². The minimum atomic E-state index is 0.883. The first kappa shape index (κ1) is 30.3. The average Bonchev–Trinajstić information content (AvgIpc) is 3.74. The van der Waals surface area contributed by atoms with E-state index in [1.807, 2.05) is 0 Å². The van der Waals surface area contributed by atoms with Gasteiger partial charge in [-0.2, -0.15) is 0 Å². The molecule has 4 nitrogen and oxygen atoms in total. The maximum Gasteiger partial charge on any atom is 0.0804 e. The summed E-state index contributed by atoms with van der Waals surface area (Å²) < 4.78 is 4.72. The third-order valence-electron chi connectivity index (χ3n) is 10.7. The molecular formula is C50H32N4. The third-order valence-corrected chi connectivity index (χ3v) is 10.7. The first-order valence-electron chi connectivity index (χ1n) is 18.3. The molecular weight excluding hydrogens is 657 g/mol. The Morgan fingerprint density at radius 3 is 1.13 bits per heavy atom. The molecule has 0 amide bonds. The Bertz CT molecular complexity index is 2930. The summed E-state index contributed by atoms with van der Waals surface area (Å²) >= 11 is 0. The molecule has 252 valence electrons. The van der Waals surface area contributed by atoms with Crippen LogP contribution in [-0.2, 0) is 0 Å². The van der Waals surface area contributed by atoms with E-state index in [4.69, 9.17) is 9.98 Å². The standard InChI is InChI=1S/C50H32N4/c1-3-15-35(16-4-1)53-45-25-13-9-19-37(45)39-29-27-33(31-47(39)53)49-41-21-7-11-23-43(41)52-50(42-22-8-12-24-44(42)51-49)34-28-30-40-38-20-10-14-26-46(38)54(48(40)32-34)36-17-5-2-6-18-36/h1-32H/b49-41?,50-42?,51-44?,51-49-,52-43?,52-50-. The average molecular weight is 689 g/mol. The number of aliphatic imine (C=N–C) groups is 2. The van der Waals surface area contributed by atoms with Gasteiger partial charge in [0.05, 0.1) is 44.9 Å². The first-order valence-corrected chi connectivity index (χ1v) is 18.3. The normalized spacial score (nSPS) is 14.6. The Morgan fingerprint density at radius 1 is 0.296 bits per heavy atom. The third kappa shape index (κ3) is 4.70. The molecule has 2 aromatic heterocycles. The van der Waals surface area contributed by atoms with Gasteiger partial charge in [0.25, 0.3) is 0 Å². The first-order chi connectivity index (χ1) is 26.8. The fraction of sp³-hybridized carbons (Fsp3) is 0. The van der Waals surface area contributed by atoms with Crippen LogP contribution in [0.5, 0.6) is 0 Å². The van der Waals surface area contributed by atoms with Crippen LogP contribution < -0.4 is 0 Å². The van der Waals surface area contributed by atoms with Gasteiger partial charge in [-0.1, -0.05) is 133 Å². The Labute approximate surface area is 312 Å². The van der Waals surface area contributed by atoms with Gasteiger partial charge < -0.3 is 9.13 Å². The number of fused-ring (bicyclic) bond motifs is 8. The highest BCUT2D eigenvalue weighted by Gasteiger charge is 2.22. The summed E-state index contributed by atoms with van der Waals surface area (Å²) in [6.45, 7) is 0. The Kier molecular flexibility index (Phi) is 6.82. The van der Waals surface area contributed by atoms with Crippen LogP contribution in [0.25, 0.3) is 55.0 Å². The van der Waals surface area contributed by atoms with Crippen molar-refractivity contribution in [3.8, 4) is 11.4 Å². The lowest BCUT2D eigenvalue weighted by Gasteiger charge is -2.18. The summed E-state index contributed by atoms with van der Waals surface area (Å²) in [6.07, 6.45) is 0. The molecule has 4 heteroatoms. The molecule has 0 atom stereocenters. The van der Waals surface area contributed by atoms with Crippen molar-refractivity contribution in [2.45, 2.75) is 0 Å². The molecule has 1 aliphatic rings. The predicted molar refractivity (Wildman–Crippen MR) is 225 cm³/mol. The summed E-state index contributed by atoms with van der Waals surface area (Å²) in [7, 11) is 0. The number of nitrogens with zero attached hydrogens (tertiary/aromatic N) is 4. The van der Waals surface area contributed by atoms with E-state index in [0.717, 1.165) is 67.5 Å². The van der Waals surface area contributed by atoms with Crippen molar-refractivity contribution in [1.82, 2.24) is 9.13 Å². The van der Waals surface area contributed by atoms with E-state index in [1.54, 1.807) is 0 Å². The molecule has 0 N–H and O–H groups in total. The number of hydrogen-bond donors (Lipinski definition) is 0. The van der Waals surface area contributed by atoms with Crippen LogP contribution in [0, 0.1) is 0 Å². The summed E-state index contributed by atoms with van der Waals surface area (Å²) in [5.74, 6) is 0. The van der Waals surface area contributed by atoms with Crippen LogP contribution in [0.2, 0.25) is 0 Å². The summed E-state index contributed by atoms with van der Waals surface area (Å²) in [6, 6.07) is 68.8. The van der Waals surface area contributed by atoms with Gasteiger partial charge in [0.2, 0.25) is 0 Å². The van der Waals surface area contributed by atoms with Gasteiger partial charge in [-0.05, 0) is 60.7 Å². The van der Waals surface area contributed by atoms with Crippen LogP contribution in [0.15, 0.2) is 204 Å². The van der Waals surface area contributed by atoms with Gasteiger partial charge in [-0.25, -0.2) is 9.98 Å². The summed E-state index contributed by atoms with van der Waals surface area (Å²) in [5, 5.41) is 4.88. The zero-order valence-electron chi connectivity index (χ0n) is 29.3. The van der Waals surface area contributed by atoms with Crippen LogP contribution in [0.1, 0.15) is 22.3 Å². The molecule has 0 radical (unpaired) electrons. The fourth-order valence-electron chi connectivity index (χ4n) is 8.29. The molecule has 3 heterocycles. The van der Waals surface area contributed by atoms with Crippen molar-refractivity contribution in [3.63, 3.8) is 0 Å². The van der Waals surface area contributed by atoms with E-state index in [2.05, 4.69) is 203 Å². The number of hydrogen-bond acceptors (Lipinski definition) is 2. The second kappa shape index (κ2) is 12.1. The Morgan fingerprint density at radius 2 is 0.667 bits per heavy atom. The highest BCUT2D eigenvalue weighted by atomic mass is 15.0. The summed E-state index contributed by atoms with van der Waals surface area (Å²) in [5.41, 5.74) is 14.5. The van der Waals surface area contributed by atoms with E-state index < -0.39 is 0 Å². The number of rotatable bonds is 4. The Hall–Kier alpha value is -7.30. The molecule has 0 unspecified atom stereocenters. The molecule has 10 aromatic rings. The molecule has 8 aromatic carbocycles. The molecule has 54 heavy (non-hydrogen) atoms. The van der Waals surface area contributed by atoms with Crippen LogP contribution in [0.4, 0.5) is 11.4 Å². The SMILES string of the molecule is c1ccc(-n2c3ccccc3c3ccc(/C4=N/c5ccccc5/C(c5ccc6c7ccccc7n(-c7ccccc7)c6c5)=N\c5ccccc54)cc32)cc1. The second-order valence-electron chi connectivity index (χ2n) is 13.8. The monoisotopic (exact) mass is 688 g/mol. The van der Waals surface area contributed by atoms with E-state index in [9.17, 15) is 0 Å². The number of para-hydroxylation sites is 6. The lowest BCUT2D eigenvalue weighted by atomic mass is 9.95. The maximum absolute atomic E-state index is 5.53. The van der Waals surface area contributed by atoms with Crippen molar-refractivity contribution in [1.29, 1.82) is 0 Å². The van der Waals surface area contributed by atoms with Crippen molar-refractivity contribution >= 4 is 66.4 Å². The summed E-state index contributed by atoms with van der Waals surface area (Å²) in [4.78, 5) is 11.1. The van der Waals surface area contributed by atoms with Gasteiger partial charge >= 0.3 is 0 Å². The number of benzene rings is 8. The molecule has 0 spiro atoms. The molecule has 1 aliphatic heterocycles. The van der Waals surface area contributed by atoms with Crippen LogP contribution in [0.3, 0.4) is 0 Å². The maximum atomic E-state index is 5.53. The fourth-order valence-corrected chi connectivity index (χ4v) is 8.29. The lowest BCUT2D eigenvalue weighted by molar-refractivity contribution is 1.18. The van der Waals surface area contributed by atoms with Crippen LogP contribution in [-0.4, -0.2) is 20.6 Å². The molecule has 0 saturated heterocycles. The number of aromatic nitrogens is 2. The molecule has 0 saturated carbocycles. The minimum Gasteiger partial charge on any atom is -0.309 e. The van der Waals surface area contributed by atoms with Crippen molar-refractivity contribution < 1.29 is 0 Å². The van der Waals surface area contributed by atoms with Gasteiger partial charge in [0, 0.05) is 55.2 Å². The molecule has 11 rings (SSSR count). The van der Waals surface area contributed by atoms with Gasteiger partial charge in [0.15, 0.2) is 0 Å². The van der Waals surface area contributed by atoms with Crippen molar-refractivity contribution in [2.24, 2.45) is 9.98 Å². The zero-order chi connectivity index (χ0) is 35.6. The van der Waals surface area contributed by atoms with E-state index in [-0.39, 0.29) is 0 Å². The predicted octanol–water partition coefficient (Wildman–Crippen LogP) is 12.5. The molecule has 0 aliphatic carbocycles. The smallest absolute Gasteiger partial charge is 0.0804 e. The van der Waals surface area contributed by atoms with E-state index >= 15 is 0 Å². The molecule has 0 fully saturated rings. The highest BCUT2D eigenvalue weighted by Crippen LogP contribution is 2.38. The van der Waals surface area contributed by atoms with Gasteiger partial charge in [-0.15, -0.1) is 0 Å². The van der Waals surface area contributed by atoms with Crippen LogP contribution >= 0.6 is 0 Å². The van der Waals surface area contributed by atoms with Gasteiger partial charge in [0.1, 0.15) is 0 Å². The largest absolute Gasteiger partial charge is 0.309 e. The van der Waals surface area contributed by atoms with Crippen molar-refractivity contribution in [3.05, 3.63) is 216 Å². The van der Waals surface area contributed by atoms with E-state index in [0.29, 0.717) is 0 Å². The molecule has 0 bridgehead atoms. The Balaban J connectivity index is 1.13. The topological polar surface area (TPSA) is 34.6 Å². The van der Waals surface area contributed by atoms with Crippen molar-refractivity contribution in [2.75, 3.05) is 0 Å². The van der Waals surface area contributed by atoms with E-state index in [1.165, 1.54) is 32.6 Å². The quantitative estimate of drug-likeness (QED) is 0.176. The zero-order valence-corrected chi connectivity index (χ0v) is 29.3. The highest BCUT2D eigenvalue weighted by molar-refractivity contribution is 6.24. The minimum absolute atomic E-state index is 0.883. The lowest BCUT2D eigenvalue weighted by Crippen LogP contribution is -2.10.